The summed E-state index contributed by atoms with van der Waals surface area (Å²) in [6.07, 6.45) is 0. The van der Waals surface area contributed by atoms with Crippen molar-refractivity contribution in [3.05, 3.63) is 97.1 Å². The molecule has 132 valence electrons. The molecule has 0 saturated heterocycles. The summed E-state index contributed by atoms with van der Waals surface area (Å²) in [6.45, 7) is 0. The summed E-state index contributed by atoms with van der Waals surface area (Å²) in [5, 5.41) is 0. The molecule has 0 radical (unpaired) electrons. The summed E-state index contributed by atoms with van der Waals surface area (Å²) < 4.78 is 0. The van der Waals surface area contributed by atoms with Crippen LogP contribution in [0, 0.1) is 0 Å². The molecular formula is C25H22N2. The van der Waals surface area contributed by atoms with Crippen molar-refractivity contribution in [1.82, 2.24) is 4.98 Å². The molecule has 1 aromatic heterocycles. The molecule has 4 aromatic rings. The highest BCUT2D eigenvalue weighted by molar-refractivity contribution is 5.83. The molecule has 3 aromatic carbocycles. The number of rotatable bonds is 4. The van der Waals surface area contributed by atoms with E-state index in [4.69, 9.17) is 4.98 Å². The van der Waals surface area contributed by atoms with E-state index in [1.807, 2.05) is 12.1 Å². The third-order valence-corrected chi connectivity index (χ3v) is 4.66. The number of hydrogen-bond acceptors (Lipinski definition) is 2. The van der Waals surface area contributed by atoms with E-state index in [-0.39, 0.29) is 0 Å². The molecular weight excluding hydrogens is 328 g/mol. The van der Waals surface area contributed by atoms with E-state index < -0.39 is 0 Å². The molecule has 0 spiro atoms. The average molecular weight is 350 g/mol. The predicted molar refractivity (Wildman–Crippen MR) is 115 cm³/mol. The van der Waals surface area contributed by atoms with Crippen LogP contribution in [0.2, 0.25) is 0 Å². The van der Waals surface area contributed by atoms with Gasteiger partial charge in [0.05, 0.1) is 11.4 Å². The lowest BCUT2D eigenvalue weighted by Crippen LogP contribution is -2.09. The van der Waals surface area contributed by atoms with Gasteiger partial charge in [0.15, 0.2) is 0 Å². The molecule has 1 heterocycles. The van der Waals surface area contributed by atoms with E-state index in [0.29, 0.717) is 0 Å². The molecule has 0 amide bonds. The van der Waals surface area contributed by atoms with E-state index in [9.17, 15) is 0 Å². The normalized spacial score (nSPS) is 10.6. The lowest BCUT2D eigenvalue weighted by atomic mass is 9.98. The Morgan fingerprint density at radius 3 is 1.56 bits per heavy atom. The second-order valence-electron chi connectivity index (χ2n) is 6.77. The smallest absolute Gasteiger partial charge is 0.0715 e. The Labute approximate surface area is 160 Å². The molecule has 0 saturated carbocycles. The molecule has 4 rings (SSSR count). The van der Waals surface area contributed by atoms with E-state index in [1.54, 1.807) is 0 Å². The first-order valence-electron chi connectivity index (χ1n) is 9.12. The number of nitrogens with zero attached hydrogens (tertiary/aromatic N) is 2. The maximum atomic E-state index is 4.96. The molecule has 2 heteroatoms. The SMILES string of the molecule is CN(C)c1ccccc1-c1cc(-c2ccccc2)nc(-c2ccccc2)c1. The van der Waals surface area contributed by atoms with Crippen LogP contribution in [-0.4, -0.2) is 19.1 Å². The molecule has 27 heavy (non-hydrogen) atoms. The Morgan fingerprint density at radius 1 is 0.556 bits per heavy atom. The number of aromatic nitrogens is 1. The molecule has 0 atom stereocenters. The fourth-order valence-corrected chi connectivity index (χ4v) is 3.31. The van der Waals surface area contributed by atoms with Gasteiger partial charge >= 0.3 is 0 Å². The minimum atomic E-state index is 0.987. The quantitative estimate of drug-likeness (QED) is 0.439. The van der Waals surface area contributed by atoms with Crippen molar-refractivity contribution in [2.45, 2.75) is 0 Å². The lowest BCUT2D eigenvalue weighted by molar-refractivity contribution is 1.13. The van der Waals surface area contributed by atoms with Gasteiger partial charge in [0.25, 0.3) is 0 Å². The fraction of sp³-hybridized carbons (Fsp3) is 0.0800. The van der Waals surface area contributed by atoms with Crippen molar-refractivity contribution in [1.29, 1.82) is 0 Å². The van der Waals surface area contributed by atoms with Gasteiger partial charge in [-0.2, -0.15) is 0 Å². The average Bonchev–Trinajstić information content (AvgIpc) is 2.74. The van der Waals surface area contributed by atoms with Gasteiger partial charge < -0.3 is 4.90 Å². The van der Waals surface area contributed by atoms with Gasteiger partial charge in [0.1, 0.15) is 0 Å². The van der Waals surface area contributed by atoms with Gasteiger partial charge in [0, 0.05) is 36.5 Å². The largest absolute Gasteiger partial charge is 0.377 e. The van der Waals surface area contributed by atoms with Crippen LogP contribution in [0.4, 0.5) is 5.69 Å². The molecule has 0 N–H and O–H groups in total. The summed E-state index contributed by atoms with van der Waals surface area (Å²) in [4.78, 5) is 7.11. The topological polar surface area (TPSA) is 16.1 Å². The van der Waals surface area contributed by atoms with Crippen molar-refractivity contribution in [2.75, 3.05) is 19.0 Å². The summed E-state index contributed by atoms with van der Waals surface area (Å²) >= 11 is 0. The summed E-state index contributed by atoms with van der Waals surface area (Å²) in [5.41, 5.74) is 7.80. The van der Waals surface area contributed by atoms with Crippen LogP contribution in [0.3, 0.4) is 0 Å². The van der Waals surface area contributed by atoms with Crippen molar-refractivity contribution < 1.29 is 0 Å². The van der Waals surface area contributed by atoms with Crippen LogP contribution in [0.25, 0.3) is 33.6 Å². The Bertz CT molecular complexity index is 980. The summed E-state index contributed by atoms with van der Waals surface area (Å²) in [7, 11) is 4.16. The molecule has 0 fully saturated rings. The Morgan fingerprint density at radius 2 is 1.04 bits per heavy atom. The predicted octanol–water partition coefficient (Wildman–Crippen LogP) is 6.15. The number of hydrogen-bond donors (Lipinski definition) is 0. The van der Waals surface area contributed by atoms with Crippen molar-refractivity contribution in [3.8, 4) is 33.6 Å². The number of benzene rings is 3. The van der Waals surface area contributed by atoms with Crippen LogP contribution in [0.1, 0.15) is 0 Å². The molecule has 0 aliphatic rings. The summed E-state index contributed by atoms with van der Waals surface area (Å²) in [6, 6.07) is 33.6. The second kappa shape index (κ2) is 7.46. The number of anilines is 1. The Balaban J connectivity index is 1.95. The van der Waals surface area contributed by atoms with Crippen molar-refractivity contribution >= 4 is 5.69 Å². The van der Waals surface area contributed by atoms with Crippen molar-refractivity contribution in [2.24, 2.45) is 0 Å². The van der Waals surface area contributed by atoms with Crippen LogP contribution >= 0.6 is 0 Å². The van der Waals surface area contributed by atoms with Crippen molar-refractivity contribution in [3.63, 3.8) is 0 Å². The number of pyridine rings is 1. The lowest BCUT2D eigenvalue weighted by Gasteiger charge is -2.18. The zero-order valence-electron chi connectivity index (χ0n) is 15.6. The monoisotopic (exact) mass is 350 g/mol. The van der Waals surface area contributed by atoms with Gasteiger partial charge in [-0.1, -0.05) is 78.9 Å². The maximum absolute atomic E-state index is 4.96. The third kappa shape index (κ3) is 3.61. The zero-order chi connectivity index (χ0) is 18.6. The minimum absolute atomic E-state index is 0.987. The fourth-order valence-electron chi connectivity index (χ4n) is 3.31. The van der Waals surface area contributed by atoms with Gasteiger partial charge in [-0.05, 0) is 23.8 Å². The Hall–Kier alpha value is -3.39. The highest BCUT2D eigenvalue weighted by Gasteiger charge is 2.12. The third-order valence-electron chi connectivity index (χ3n) is 4.66. The van der Waals surface area contributed by atoms with E-state index >= 15 is 0 Å². The molecule has 0 aliphatic carbocycles. The highest BCUT2D eigenvalue weighted by atomic mass is 15.1. The van der Waals surface area contributed by atoms with E-state index in [0.717, 1.165) is 22.5 Å². The first-order chi connectivity index (χ1) is 13.2. The maximum Gasteiger partial charge on any atom is 0.0715 e. The van der Waals surface area contributed by atoms with Gasteiger partial charge in [-0.15, -0.1) is 0 Å². The van der Waals surface area contributed by atoms with E-state index in [2.05, 4.69) is 104 Å². The van der Waals surface area contributed by atoms with Crippen LogP contribution < -0.4 is 4.90 Å². The van der Waals surface area contributed by atoms with Crippen LogP contribution in [-0.2, 0) is 0 Å². The minimum Gasteiger partial charge on any atom is -0.377 e. The zero-order valence-corrected chi connectivity index (χ0v) is 15.6. The van der Waals surface area contributed by atoms with Crippen LogP contribution in [0.5, 0.6) is 0 Å². The first kappa shape index (κ1) is 17.0. The molecule has 0 bridgehead atoms. The molecule has 0 aliphatic heterocycles. The highest BCUT2D eigenvalue weighted by Crippen LogP contribution is 2.34. The first-order valence-corrected chi connectivity index (χ1v) is 9.12. The molecule has 0 unspecified atom stereocenters. The number of para-hydroxylation sites is 1. The molecule has 2 nitrogen and oxygen atoms in total. The van der Waals surface area contributed by atoms with Gasteiger partial charge in [-0.3, -0.25) is 0 Å². The van der Waals surface area contributed by atoms with Gasteiger partial charge in [0.2, 0.25) is 0 Å². The standard InChI is InChI=1S/C25H22N2/c1-27(2)25-16-10-9-15-22(25)21-17-23(19-11-5-3-6-12-19)26-24(18-21)20-13-7-4-8-14-20/h3-18H,1-2H3. The van der Waals surface area contributed by atoms with E-state index in [1.165, 1.54) is 16.8 Å². The second-order valence-corrected chi connectivity index (χ2v) is 6.77. The summed E-state index contributed by atoms with van der Waals surface area (Å²) in [5.74, 6) is 0. The van der Waals surface area contributed by atoms with Crippen LogP contribution in [0.15, 0.2) is 97.1 Å². The Kier molecular flexibility index (Phi) is 4.71. The van der Waals surface area contributed by atoms with Gasteiger partial charge in [-0.25, -0.2) is 4.98 Å².